The van der Waals surface area contributed by atoms with E-state index in [-0.39, 0.29) is 5.41 Å². The van der Waals surface area contributed by atoms with Crippen molar-refractivity contribution in [2.45, 2.75) is 126 Å². The molecule has 6 rings (SSSR count). The summed E-state index contributed by atoms with van der Waals surface area (Å²) in [5.74, 6) is 4.67. The molecule has 4 heteroatoms. The van der Waals surface area contributed by atoms with Crippen molar-refractivity contribution in [3.63, 3.8) is 0 Å². The minimum atomic E-state index is -0.928. The molecular weight excluding hydrogens is 480 g/mol. The number of aryl methyl sites for hydroxylation is 1. The van der Waals surface area contributed by atoms with Gasteiger partial charge in [-0.3, -0.25) is 0 Å². The van der Waals surface area contributed by atoms with Gasteiger partial charge < -0.3 is 5.11 Å². The molecule has 1 aromatic rings. The summed E-state index contributed by atoms with van der Waals surface area (Å²) in [4.78, 5) is 16.6. The quantitative estimate of drug-likeness (QED) is 0.384. The van der Waals surface area contributed by atoms with Crippen LogP contribution in [-0.4, -0.2) is 20.8 Å². The van der Waals surface area contributed by atoms with Gasteiger partial charge in [0, 0.05) is 12.1 Å². The van der Waals surface area contributed by atoms with Crippen molar-refractivity contribution in [2.75, 3.05) is 0 Å². The van der Waals surface area contributed by atoms with Crippen LogP contribution in [0.5, 0.6) is 0 Å². The second kappa shape index (κ2) is 8.48. The number of fused-ring (bicyclic) bond motifs is 7. The van der Waals surface area contributed by atoms with Gasteiger partial charge in [0.15, 0.2) is 0 Å². The number of allylic oxidation sites excluding steroid dienone is 1. The van der Waals surface area contributed by atoms with Crippen molar-refractivity contribution in [1.29, 1.82) is 0 Å². The van der Waals surface area contributed by atoms with Gasteiger partial charge in [-0.05, 0) is 135 Å². The highest BCUT2D eigenvalue weighted by Gasteiger charge is 2.70. The van der Waals surface area contributed by atoms with Crippen molar-refractivity contribution in [3.8, 4) is 0 Å². The second-order valence-electron chi connectivity index (χ2n) is 16.6. The molecule has 0 spiro atoms. The fourth-order valence-corrected chi connectivity index (χ4v) is 12.9. The summed E-state index contributed by atoms with van der Waals surface area (Å²) in [6, 6.07) is 0. The molecule has 0 saturated heterocycles. The minimum absolute atomic E-state index is 0.0951. The number of imidazole rings is 1. The number of rotatable bonds is 2. The lowest BCUT2D eigenvalue weighted by atomic mass is 9.32. The average Bonchev–Trinajstić information content (AvgIpc) is 3.39. The zero-order valence-electron chi connectivity index (χ0n) is 26.1. The largest absolute Gasteiger partial charge is 0.464 e. The fraction of sp³-hybridized carbons (Fsp3) is 0.829. The van der Waals surface area contributed by atoms with E-state index in [1.54, 1.807) is 0 Å². The van der Waals surface area contributed by atoms with Gasteiger partial charge in [0.1, 0.15) is 5.82 Å². The van der Waals surface area contributed by atoms with Crippen LogP contribution in [-0.2, 0) is 0 Å². The first kappa shape index (κ1) is 27.6. The molecule has 1 heterocycles. The number of carbonyl (C=O) groups is 1. The standard InChI is InChI=1S/C35H54N2O2/c1-21(2)23-12-15-32(6)18-19-34(8)25(29(23)32)10-11-28-33(7)16-13-24(26-20-37(30(38)39)22(3)36-26)31(4,5)27(33)14-17-35(28,34)9/h20,23-25,27-29H,1,10-19H2,2-9H3,(H,38,39)/t23-,24+,25+,27-,28+,29+,32+,33-,34+,35+/m0/s1. The van der Waals surface area contributed by atoms with Gasteiger partial charge in [-0.1, -0.05) is 53.7 Å². The molecule has 5 aliphatic carbocycles. The lowest BCUT2D eigenvalue weighted by Gasteiger charge is -2.73. The van der Waals surface area contributed by atoms with E-state index in [1.165, 1.54) is 67.9 Å². The van der Waals surface area contributed by atoms with Gasteiger partial charge in [0.2, 0.25) is 0 Å². The Morgan fingerprint density at radius 1 is 0.923 bits per heavy atom. The SMILES string of the molecule is C=C(C)[C@@H]1CC[C@]2(C)CC[C@]3(C)[C@H](CC[C@@H]4[C@@]5(C)CC[C@H](c6cn(C(=O)O)c(C)n6)C(C)(C)[C@@H]5CC[C@]43C)[C@@H]12. The second-order valence-corrected chi connectivity index (χ2v) is 16.6. The molecule has 0 radical (unpaired) electrons. The molecule has 1 aromatic heterocycles. The van der Waals surface area contributed by atoms with Crippen LogP contribution in [0.4, 0.5) is 4.79 Å². The van der Waals surface area contributed by atoms with Crippen LogP contribution in [0.1, 0.15) is 130 Å². The van der Waals surface area contributed by atoms with Crippen molar-refractivity contribution in [2.24, 2.45) is 56.7 Å². The van der Waals surface area contributed by atoms with Gasteiger partial charge in [-0.25, -0.2) is 14.3 Å². The maximum absolute atomic E-state index is 11.8. The van der Waals surface area contributed by atoms with Crippen LogP contribution in [0.25, 0.3) is 0 Å². The van der Waals surface area contributed by atoms with Crippen LogP contribution in [0.2, 0.25) is 0 Å². The summed E-state index contributed by atoms with van der Waals surface area (Å²) in [7, 11) is 0. The first-order chi connectivity index (χ1) is 18.1. The zero-order chi connectivity index (χ0) is 28.3. The third-order valence-corrected chi connectivity index (χ3v) is 15.0. The van der Waals surface area contributed by atoms with Gasteiger partial charge in [0.05, 0.1) is 5.69 Å². The third kappa shape index (κ3) is 3.48. The predicted molar refractivity (Wildman–Crippen MR) is 158 cm³/mol. The summed E-state index contributed by atoms with van der Waals surface area (Å²) < 4.78 is 1.32. The van der Waals surface area contributed by atoms with E-state index in [4.69, 9.17) is 4.98 Å². The van der Waals surface area contributed by atoms with Crippen molar-refractivity contribution < 1.29 is 9.90 Å². The topological polar surface area (TPSA) is 55.1 Å². The monoisotopic (exact) mass is 534 g/mol. The highest BCUT2D eigenvalue weighted by Crippen LogP contribution is 2.78. The van der Waals surface area contributed by atoms with Gasteiger partial charge in [0.25, 0.3) is 0 Å². The first-order valence-corrected chi connectivity index (χ1v) is 16.0. The van der Waals surface area contributed by atoms with E-state index in [0.717, 1.165) is 35.8 Å². The van der Waals surface area contributed by atoms with Crippen LogP contribution in [0.15, 0.2) is 18.3 Å². The molecule has 0 aromatic carbocycles. The lowest BCUT2D eigenvalue weighted by Crippen LogP contribution is -2.65. The van der Waals surface area contributed by atoms with Gasteiger partial charge >= 0.3 is 6.09 Å². The number of hydrogen-bond acceptors (Lipinski definition) is 2. The molecule has 5 aliphatic rings. The minimum Gasteiger partial charge on any atom is -0.464 e. The molecule has 4 nitrogen and oxygen atoms in total. The average molecular weight is 535 g/mol. The molecule has 1 N–H and O–H groups in total. The highest BCUT2D eigenvalue weighted by molar-refractivity contribution is 5.68. The summed E-state index contributed by atoms with van der Waals surface area (Å²) in [6.07, 6.45) is 14.2. The van der Waals surface area contributed by atoms with Crippen molar-refractivity contribution in [3.05, 3.63) is 29.9 Å². The van der Waals surface area contributed by atoms with Crippen LogP contribution >= 0.6 is 0 Å². The van der Waals surface area contributed by atoms with E-state index in [9.17, 15) is 9.90 Å². The predicted octanol–water partition coefficient (Wildman–Crippen LogP) is 9.48. The Bertz CT molecular complexity index is 1200. The van der Waals surface area contributed by atoms with Gasteiger partial charge in [-0.15, -0.1) is 0 Å². The third-order valence-electron chi connectivity index (χ3n) is 15.0. The normalized spacial score (nSPS) is 48.4. The maximum Gasteiger partial charge on any atom is 0.416 e. The Hall–Kier alpha value is -1.58. The van der Waals surface area contributed by atoms with Crippen LogP contribution in [0, 0.1) is 63.6 Å². The molecule has 0 unspecified atom stereocenters. The summed E-state index contributed by atoms with van der Waals surface area (Å²) in [5, 5.41) is 9.65. The lowest BCUT2D eigenvalue weighted by molar-refractivity contribution is -0.237. The zero-order valence-corrected chi connectivity index (χ0v) is 26.1. The first-order valence-electron chi connectivity index (χ1n) is 16.0. The van der Waals surface area contributed by atoms with Crippen LogP contribution in [0.3, 0.4) is 0 Å². The van der Waals surface area contributed by atoms with Gasteiger partial charge in [-0.2, -0.15) is 0 Å². The molecule has 5 saturated carbocycles. The molecule has 0 amide bonds. The van der Waals surface area contributed by atoms with Crippen LogP contribution < -0.4 is 0 Å². The maximum atomic E-state index is 11.8. The number of hydrogen-bond donors (Lipinski definition) is 1. The smallest absolute Gasteiger partial charge is 0.416 e. The van der Waals surface area contributed by atoms with E-state index in [0.29, 0.717) is 39.3 Å². The summed E-state index contributed by atoms with van der Waals surface area (Å²) in [5.41, 5.74) is 4.16. The number of nitrogens with zero attached hydrogens (tertiary/aromatic N) is 2. The summed E-state index contributed by atoms with van der Waals surface area (Å²) in [6.45, 7) is 24.4. The van der Waals surface area contributed by atoms with E-state index < -0.39 is 6.09 Å². The van der Waals surface area contributed by atoms with E-state index in [2.05, 4.69) is 55.0 Å². The molecular formula is C35H54N2O2. The van der Waals surface area contributed by atoms with E-state index in [1.807, 2.05) is 13.1 Å². The van der Waals surface area contributed by atoms with Crippen molar-refractivity contribution >= 4 is 6.09 Å². The Balaban J connectivity index is 1.34. The Kier molecular flexibility index (Phi) is 5.99. The number of carboxylic acid groups (broad SMARTS) is 1. The Morgan fingerprint density at radius 3 is 2.28 bits per heavy atom. The molecule has 5 fully saturated rings. The molecule has 0 aliphatic heterocycles. The molecule has 0 bridgehead atoms. The molecule has 216 valence electrons. The highest BCUT2D eigenvalue weighted by atomic mass is 16.4. The molecule has 39 heavy (non-hydrogen) atoms. The Morgan fingerprint density at radius 2 is 1.64 bits per heavy atom. The fourth-order valence-electron chi connectivity index (χ4n) is 12.9. The van der Waals surface area contributed by atoms with Crippen molar-refractivity contribution in [1.82, 2.24) is 9.55 Å². The number of aromatic nitrogens is 2. The Labute approximate surface area is 237 Å². The molecule has 10 atom stereocenters. The van der Waals surface area contributed by atoms with E-state index >= 15 is 0 Å². The summed E-state index contributed by atoms with van der Waals surface area (Å²) >= 11 is 0.